The fraction of sp³-hybridized carbons (Fsp3) is 0.500. The molecule has 4 heterocycles. The first kappa shape index (κ1) is 18.5. The molecule has 2 saturated heterocycles. The number of methoxy groups -OCH3 is 1. The number of carbonyl (C=O) groups is 1. The van der Waals surface area contributed by atoms with Gasteiger partial charge in [-0.05, 0) is 12.1 Å². The number of nitrogens with zero attached hydrogens (tertiary/aromatic N) is 6. The Morgan fingerprint density at radius 3 is 1.96 bits per heavy atom. The molecule has 0 atom stereocenters. The molecule has 0 aromatic carbocycles. The van der Waals surface area contributed by atoms with Gasteiger partial charge in [-0.25, -0.2) is 4.79 Å². The molecule has 2 aromatic rings. The van der Waals surface area contributed by atoms with Crippen molar-refractivity contribution in [2.24, 2.45) is 0 Å². The van der Waals surface area contributed by atoms with Crippen molar-refractivity contribution in [1.29, 1.82) is 0 Å². The van der Waals surface area contributed by atoms with Crippen LogP contribution in [0.2, 0.25) is 0 Å². The summed E-state index contributed by atoms with van der Waals surface area (Å²) < 4.78 is 15.6. The molecule has 10 heteroatoms. The standard InChI is InChI=1S/C18H22N6O4/c1-26-16(25)13-2-3-14(19-12-13)15-20-17(23-4-8-27-9-5-23)22-18(21-15)24-6-10-28-11-7-24/h2-3,12H,4-11H2,1H3. The Kier molecular flexibility index (Phi) is 5.58. The van der Waals surface area contributed by atoms with E-state index in [1.807, 2.05) is 0 Å². The Morgan fingerprint density at radius 1 is 0.929 bits per heavy atom. The second kappa shape index (κ2) is 8.44. The number of rotatable bonds is 4. The van der Waals surface area contributed by atoms with Gasteiger partial charge in [0.15, 0.2) is 5.82 Å². The van der Waals surface area contributed by atoms with Crippen LogP contribution >= 0.6 is 0 Å². The van der Waals surface area contributed by atoms with Crippen molar-refractivity contribution in [3.05, 3.63) is 23.9 Å². The maximum absolute atomic E-state index is 11.6. The van der Waals surface area contributed by atoms with E-state index < -0.39 is 5.97 Å². The normalized spacial score (nSPS) is 17.5. The van der Waals surface area contributed by atoms with Gasteiger partial charge in [-0.15, -0.1) is 0 Å². The lowest BCUT2D eigenvalue weighted by atomic mass is 10.2. The maximum Gasteiger partial charge on any atom is 0.339 e. The topological polar surface area (TPSA) is 103 Å². The zero-order valence-electron chi connectivity index (χ0n) is 15.7. The molecule has 2 fully saturated rings. The third kappa shape index (κ3) is 4.02. The Morgan fingerprint density at radius 2 is 1.50 bits per heavy atom. The first-order chi connectivity index (χ1) is 13.7. The summed E-state index contributed by atoms with van der Waals surface area (Å²) in [6.07, 6.45) is 1.47. The van der Waals surface area contributed by atoms with Crippen LogP contribution in [0.3, 0.4) is 0 Å². The molecular weight excluding hydrogens is 364 g/mol. The summed E-state index contributed by atoms with van der Waals surface area (Å²) in [5, 5.41) is 0. The second-order valence-corrected chi connectivity index (χ2v) is 6.38. The Hall–Kier alpha value is -2.85. The molecule has 10 nitrogen and oxygen atoms in total. The molecule has 0 aliphatic carbocycles. The van der Waals surface area contributed by atoms with Crippen LogP contribution in [0.1, 0.15) is 10.4 Å². The molecule has 0 saturated carbocycles. The van der Waals surface area contributed by atoms with Crippen molar-refractivity contribution in [1.82, 2.24) is 19.9 Å². The summed E-state index contributed by atoms with van der Waals surface area (Å²) in [6.45, 7) is 5.45. The molecule has 0 unspecified atom stereocenters. The quantitative estimate of drug-likeness (QED) is 0.686. The molecule has 2 aromatic heterocycles. The molecule has 0 bridgehead atoms. The summed E-state index contributed by atoms with van der Waals surface area (Å²) in [6, 6.07) is 3.37. The molecule has 0 N–H and O–H groups in total. The lowest BCUT2D eigenvalue weighted by molar-refractivity contribution is 0.0600. The van der Waals surface area contributed by atoms with E-state index in [4.69, 9.17) is 14.2 Å². The van der Waals surface area contributed by atoms with E-state index in [0.717, 1.165) is 26.2 Å². The zero-order chi connectivity index (χ0) is 19.3. The molecular formula is C18H22N6O4. The van der Waals surface area contributed by atoms with Crippen LogP contribution in [0.25, 0.3) is 11.5 Å². The van der Waals surface area contributed by atoms with Gasteiger partial charge in [0.2, 0.25) is 11.9 Å². The van der Waals surface area contributed by atoms with Crippen LogP contribution < -0.4 is 9.80 Å². The Labute approximate surface area is 162 Å². The van der Waals surface area contributed by atoms with Crippen LogP contribution in [0.4, 0.5) is 11.9 Å². The molecule has 0 radical (unpaired) electrons. The Bertz CT molecular complexity index is 783. The molecule has 0 spiro atoms. The minimum Gasteiger partial charge on any atom is -0.465 e. The number of carbonyl (C=O) groups excluding carboxylic acids is 1. The number of anilines is 2. The zero-order valence-corrected chi connectivity index (χ0v) is 15.7. The monoisotopic (exact) mass is 386 g/mol. The van der Waals surface area contributed by atoms with Crippen molar-refractivity contribution < 1.29 is 19.0 Å². The van der Waals surface area contributed by atoms with E-state index in [1.165, 1.54) is 13.3 Å². The van der Waals surface area contributed by atoms with Gasteiger partial charge in [0.05, 0.1) is 39.1 Å². The van der Waals surface area contributed by atoms with E-state index in [-0.39, 0.29) is 0 Å². The Balaban J connectivity index is 1.69. The van der Waals surface area contributed by atoms with E-state index in [0.29, 0.717) is 55.4 Å². The summed E-state index contributed by atoms with van der Waals surface area (Å²) in [7, 11) is 1.34. The highest BCUT2D eigenvalue weighted by molar-refractivity contribution is 5.89. The number of ether oxygens (including phenoxy) is 3. The van der Waals surface area contributed by atoms with Crippen LogP contribution in [0.15, 0.2) is 18.3 Å². The number of morpholine rings is 2. The van der Waals surface area contributed by atoms with E-state index in [9.17, 15) is 4.79 Å². The number of esters is 1. The number of hydrogen-bond donors (Lipinski definition) is 0. The van der Waals surface area contributed by atoms with Crippen LogP contribution in [-0.2, 0) is 14.2 Å². The fourth-order valence-electron chi connectivity index (χ4n) is 3.04. The lowest BCUT2D eigenvalue weighted by Gasteiger charge is -2.30. The maximum atomic E-state index is 11.6. The molecule has 0 amide bonds. The van der Waals surface area contributed by atoms with Gasteiger partial charge in [-0.2, -0.15) is 15.0 Å². The minimum absolute atomic E-state index is 0.377. The van der Waals surface area contributed by atoms with Gasteiger partial charge >= 0.3 is 5.97 Å². The van der Waals surface area contributed by atoms with Crippen molar-refractivity contribution in [3.8, 4) is 11.5 Å². The van der Waals surface area contributed by atoms with E-state index >= 15 is 0 Å². The predicted octanol–water partition coefficient (Wildman–Crippen LogP) is 0.393. The first-order valence-electron chi connectivity index (χ1n) is 9.21. The summed E-state index contributed by atoms with van der Waals surface area (Å²) in [4.78, 5) is 34.1. The highest BCUT2D eigenvalue weighted by atomic mass is 16.5. The van der Waals surface area contributed by atoms with Gasteiger partial charge in [-0.3, -0.25) is 4.98 Å². The smallest absolute Gasteiger partial charge is 0.339 e. The average Bonchev–Trinajstić information content (AvgIpc) is 2.79. The molecule has 2 aliphatic rings. The van der Waals surface area contributed by atoms with E-state index in [2.05, 4.69) is 29.7 Å². The van der Waals surface area contributed by atoms with Crippen molar-refractivity contribution in [2.75, 3.05) is 69.5 Å². The number of pyridine rings is 1. The third-order valence-electron chi connectivity index (χ3n) is 4.61. The van der Waals surface area contributed by atoms with E-state index in [1.54, 1.807) is 12.1 Å². The van der Waals surface area contributed by atoms with Crippen LogP contribution in [0.5, 0.6) is 0 Å². The fourth-order valence-corrected chi connectivity index (χ4v) is 3.04. The van der Waals surface area contributed by atoms with Crippen molar-refractivity contribution in [2.45, 2.75) is 0 Å². The summed E-state index contributed by atoms with van der Waals surface area (Å²) >= 11 is 0. The average molecular weight is 386 g/mol. The van der Waals surface area contributed by atoms with Gasteiger partial charge in [-0.1, -0.05) is 0 Å². The summed E-state index contributed by atoms with van der Waals surface area (Å²) in [5.74, 6) is 1.24. The largest absolute Gasteiger partial charge is 0.465 e. The molecule has 28 heavy (non-hydrogen) atoms. The van der Waals surface area contributed by atoms with Crippen LogP contribution in [0, 0.1) is 0 Å². The molecule has 148 valence electrons. The van der Waals surface area contributed by atoms with Gasteiger partial charge in [0.1, 0.15) is 5.69 Å². The second-order valence-electron chi connectivity index (χ2n) is 6.38. The van der Waals surface area contributed by atoms with Gasteiger partial charge in [0, 0.05) is 32.4 Å². The van der Waals surface area contributed by atoms with Crippen molar-refractivity contribution in [3.63, 3.8) is 0 Å². The number of aromatic nitrogens is 4. The van der Waals surface area contributed by atoms with Crippen molar-refractivity contribution >= 4 is 17.9 Å². The third-order valence-corrected chi connectivity index (χ3v) is 4.61. The summed E-state index contributed by atoms with van der Waals surface area (Å²) in [5.41, 5.74) is 0.946. The van der Waals surface area contributed by atoms with Gasteiger partial charge < -0.3 is 24.0 Å². The van der Waals surface area contributed by atoms with Crippen LogP contribution in [-0.4, -0.2) is 85.6 Å². The number of hydrogen-bond acceptors (Lipinski definition) is 10. The highest BCUT2D eigenvalue weighted by Gasteiger charge is 2.21. The predicted molar refractivity (Wildman–Crippen MR) is 100 cm³/mol. The molecule has 4 rings (SSSR count). The SMILES string of the molecule is COC(=O)c1ccc(-c2nc(N3CCOCC3)nc(N3CCOCC3)n2)nc1. The van der Waals surface area contributed by atoms with Gasteiger partial charge in [0.25, 0.3) is 0 Å². The molecule has 2 aliphatic heterocycles. The minimum atomic E-state index is -0.433. The first-order valence-corrected chi connectivity index (χ1v) is 9.21. The lowest BCUT2D eigenvalue weighted by Crippen LogP contribution is -2.40. The highest BCUT2D eigenvalue weighted by Crippen LogP contribution is 2.22.